The van der Waals surface area contributed by atoms with Gasteiger partial charge in [-0.05, 0) is 6.42 Å². The Balaban J connectivity index is 4.74. The fourth-order valence-electron chi connectivity index (χ4n) is 1.80. The summed E-state index contributed by atoms with van der Waals surface area (Å²) in [6.45, 7) is -0.655. The molecule has 0 spiro atoms. The summed E-state index contributed by atoms with van der Waals surface area (Å²) in [6.07, 6.45) is -1.34. The smallest absolute Gasteiger partial charge is 0.327 e. The monoisotopic (exact) mass is 422 g/mol. The molecule has 0 aromatic rings. The van der Waals surface area contributed by atoms with Crippen molar-refractivity contribution in [2.45, 2.75) is 37.4 Å². The van der Waals surface area contributed by atoms with Crippen molar-refractivity contribution in [1.82, 2.24) is 16.0 Å². The topological polar surface area (TPSA) is 225 Å². The molecule has 3 amide bonds. The molecular formula is C14H22N4O9S. The van der Waals surface area contributed by atoms with Crippen LogP contribution in [-0.2, 0) is 28.8 Å². The summed E-state index contributed by atoms with van der Waals surface area (Å²) >= 11 is 3.75. The van der Waals surface area contributed by atoms with Gasteiger partial charge in [0.15, 0.2) is 0 Å². The first-order valence-electron chi connectivity index (χ1n) is 7.88. The molecule has 14 heteroatoms. The van der Waals surface area contributed by atoms with Gasteiger partial charge in [0.2, 0.25) is 17.7 Å². The lowest BCUT2D eigenvalue weighted by atomic mass is 10.1. The van der Waals surface area contributed by atoms with E-state index in [4.69, 9.17) is 21.1 Å². The zero-order valence-electron chi connectivity index (χ0n) is 14.6. The molecule has 28 heavy (non-hydrogen) atoms. The maximum absolute atomic E-state index is 12.0. The number of thiol groups is 1. The van der Waals surface area contributed by atoms with Crippen LogP contribution < -0.4 is 21.7 Å². The highest BCUT2D eigenvalue weighted by Crippen LogP contribution is 1.97. The molecule has 0 aliphatic heterocycles. The second-order valence-electron chi connectivity index (χ2n) is 5.56. The van der Waals surface area contributed by atoms with Gasteiger partial charge in [-0.1, -0.05) is 0 Å². The molecule has 0 aliphatic rings. The van der Waals surface area contributed by atoms with Crippen molar-refractivity contribution in [3.8, 4) is 0 Å². The highest BCUT2D eigenvalue weighted by atomic mass is 32.1. The van der Waals surface area contributed by atoms with E-state index in [1.54, 1.807) is 0 Å². The maximum atomic E-state index is 12.0. The minimum absolute atomic E-state index is 0.160. The Bertz CT molecular complexity index is 628. The second kappa shape index (κ2) is 12.5. The lowest BCUT2D eigenvalue weighted by Crippen LogP contribution is -2.54. The van der Waals surface area contributed by atoms with Crippen LogP contribution in [0.2, 0.25) is 0 Å². The molecule has 3 atom stereocenters. The van der Waals surface area contributed by atoms with E-state index in [1.807, 2.05) is 5.32 Å². The Labute approximate surface area is 164 Å². The molecule has 3 unspecified atom stereocenters. The summed E-state index contributed by atoms with van der Waals surface area (Å²) in [5.41, 5.74) is 5.45. The van der Waals surface area contributed by atoms with Crippen LogP contribution in [0, 0.1) is 0 Å². The van der Waals surface area contributed by atoms with E-state index in [1.165, 1.54) is 0 Å². The van der Waals surface area contributed by atoms with E-state index in [9.17, 15) is 28.8 Å². The summed E-state index contributed by atoms with van der Waals surface area (Å²) in [5, 5.41) is 32.5. The summed E-state index contributed by atoms with van der Waals surface area (Å²) in [6, 6.07) is -4.16. The summed E-state index contributed by atoms with van der Waals surface area (Å²) in [4.78, 5) is 67.8. The molecule has 0 aliphatic carbocycles. The van der Waals surface area contributed by atoms with Gasteiger partial charge < -0.3 is 37.0 Å². The summed E-state index contributed by atoms with van der Waals surface area (Å²) < 4.78 is 0. The molecule has 8 N–H and O–H groups in total. The number of carboxylic acids is 3. The third-order valence-corrected chi connectivity index (χ3v) is 3.62. The largest absolute Gasteiger partial charge is 0.481 e. The van der Waals surface area contributed by atoms with E-state index in [-0.39, 0.29) is 18.6 Å². The normalized spacial score (nSPS) is 13.5. The zero-order valence-corrected chi connectivity index (χ0v) is 15.5. The number of aliphatic carboxylic acids is 3. The lowest BCUT2D eigenvalue weighted by Gasteiger charge is -2.20. The van der Waals surface area contributed by atoms with Crippen LogP contribution in [0.1, 0.15) is 19.3 Å². The van der Waals surface area contributed by atoms with Crippen LogP contribution in [0.25, 0.3) is 0 Å². The third-order valence-electron chi connectivity index (χ3n) is 3.26. The van der Waals surface area contributed by atoms with Crippen molar-refractivity contribution in [3.05, 3.63) is 0 Å². The number of carbonyl (C=O) groups excluding carboxylic acids is 3. The predicted octanol–water partition coefficient (Wildman–Crippen LogP) is -3.25. The van der Waals surface area contributed by atoms with Gasteiger partial charge in [0, 0.05) is 12.2 Å². The van der Waals surface area contributed by atoms with Crippen molar-refractivity contribution >= 4 is 48.3 Å². The minimum Gasteiger partial charge on any atom is -0.481 e. The Hall–Kier alpha value is -2.87. The molecule has 0 saturated heterocycles. The van der Waals surface area contributed by atoms with Gasteiger partial charge >= 0.3 is 17.9 Å². The standard InChI is InChI=1S/C14H22N4O9S/c15-6(1-2-10(20)21)12(24)16-4-9(19)17-7(3-11(22)23)13(25)18-8(5-28)14(26)27/h6-8,28H,1-5,15H2,(H,16,24)(H,17,19)(H,18,25)(H,20,21)(H,22,23)(H,26,27). The molecule has 0 fully saturated rings. The predicted molar refractivity (Wildman–Crippen MR) is 95.5 cm³/mol. The molecule has 0 heterocycles. The van der Waals surface area contributed by atoms with Gasteiger partial charge in [-0.25, -0.2) is 4.79 Å². The summed E-state index contributed by atoms with van der Waals surface area (Å²) in [7, 11) is 0. The number of nitrogens with two attached hydrogens (primary N) is 1. The average molecular weight is 422 g/mol. The first-order valence-corrected chi connectivity index (χ1v) is 8.51. The fraction of sp³-hybridized carbons (Fsp3) is 0.571. The molecule has 0 bridgehead atoms. The van der Waals surface area contributed by atoms with E-state index < -0.39 is 66.7 Å². The van der Waals surface area contributed by atoms with Crippen LogP contribution in [-0.4, -0.2) is 81.4 Å². The highest BCUT2D eigenvalue weighted by Gasteiger charge is 2.28. The third kappa shape index (κ3) is 10.3. The number of hydrogen-bond donors (Lipinski definition) is 8. The van der Waals surface area contributed by atoms with E-state index in [0.717, 1.165) is 0 Å². The van der Waals surface area contributed by atoms with Crippen LogP contribution >= 0.6 is 12.6 Å². The number of carboxylic acid groups (broad SMARTS) is 3. The van der Waals surface area contributed by atoms with Crippen LogP contribution in [0.3, 0.4) is 0 Å². The second-order valence-corrected chi connectivity index (χ2v) is 5.92. The van der Waals surface area contributed by atoms with Crippen molar-refractivity contribution in [1.29, 1.82) is 0 Å². The van der Waals surface area contributed by atoms with E-state index in [0.29, 0.717) is 0 Å². The SMILES string of the molecule is NC(CCC(=O)O)C(=O)NCC(=O)NC(CC(=O)O)C(=O)NC(CS)C(=O)O. The van der Waals surface area contributed by atoms with Crippen molar-refractivity contribution in [3.63, 3.8) is 0 Å². The lowest BCUT2D eigenvalue weighted by molar-refractivity contribution is -0.143. The molecule has 0 radical (unpaired) electrons. The number of amides is 3. The van der Waals surface area contributed by atoms with Gasteiger partial charge in [0.25, 0.3) is 0 Å². The van der Waals surface area contributed by atoms with Crippen molar-refractivity contribution in [2.75, 3.05) is 12.3 Å². The minimum atomic E-state index is -1.59. The first kappa shape index (κ1) is 25.1. The highest BCUT2D eigenvalue weighted by molar-refractivity contribution is 7.80. The first-order chi connectivity index (χ1) is 13.0. The number of carbonyl (C=O) groups is 6. The Morgan fingerprint density at radius 3 is 1.96 bits per heavy atom. The molecular weight excluding hydrogens is 400 g/mol. The fourth-order valence-corrected chi connectivity index (χ4v) is 2.04. The summed E-state index contributed by atoms with van der Waals surface area (Å²) in [5.74, 6) is -7.04. The molecule has 0 rings (SSSR count). The van der Waals surface area contributed by atoms with Gasteiger partial charge in [-0.15, -0.1) is 0 Å². The quantitative estimate of drug-likeness (QED) is 0.138. The Morgan fingerprint density at radius 1 is 0.893 bits per heavy atom. The zero-order chi connectivity index (χ0) is 21.9. The Morgan fingerprint density at radius 2 is 1.50 bits per heavy atom. The van der Waals surface area contributed by atoms with E-state index in [2.05, 4.69) is 23.3 Å². The van der Waals surface area contributed by atoms with Gasteiger partial charge in [0.1, 0.15) is 12.1 Å². The molecule has 0 aromatic carbocycles. The van der Waals surface area contributed by atoms with E-state index >= 15 is 0 Å². The van der Waals surface area contributed by atoms with Crippen LogP contribution in [0.15, 0.2) is 0 Å². The molecule has 158 valence electrons. The van der Waals surface area contributed by atoms with Gasteiger partial charge in [-0.3, -0.25) is 24.0 Å². The van der Waals surface area contributed by atoms with Crippen LogP contribution in [0.4, 0.5) is 0 Å². The van der Waals surface area contributed by atoms with Crippen LogP contribution in [0.5, 0.6) is 0 Å². The molecule has 0 saturated carbocycles. The van der Waals surface area contributed by atoms with Gasteiger partial charge in [0.05, 0.1) is 19.0 Å². The van der Waals surface area contributed by atoms with Crippen molar-refractivity contribution < 1.29 is 44.1 Å². The molecule has 13 nitrogen and oxygen atoms in total. The average Bonchev–Trinajstić information content (AvgIpc) is 2.60. The Kier molecular flexibility index (Phi) is 11.2. The molecule has 0 aromatic heterocycles. The number of rotatable bonds is 13. The van der Waals surface area contributed by atoms with Gasteiger partial charge in [-0.2, -0.15) is 12.6 Å². The number of nitrogens with one attached hydrogen (secondary N) is 3. The van der Waals surface area contributed by atoms with Crippen molar-refractivity contribution in [2.24, 2.45) is 5.73 Å². The maximum Gasteiger partial charge on any atom is 0.327 e. The number of hydrogen-bond acceptors (Lipinski definition) is 8.